The van der Waals surface area contributed by atoms with Gasteiger partial charge in [0.2, 0.25) is 11.9 Å². The Morgan fingerprint density at radius 3 is 2.78 bits per heavy atom. The summed E-state index contributed by atoms with van der Waals surface area (Å²) in [6, 6.07) is 10.3. The molecule has 1 aliphatic heterocycles. The van der Waals surface area contributed by atoms with Crippen molar-refractivity contribution in [2.45, 2.75) is 51.7 Å². The molecule has 0 fully saturated rings. The number of nitrogens with one attached hydrogen (secondary N) is 2. The summed E-state index contributed by atoms with van der Waals surface area (Å²) >= 11 is 0. The van der Waals surface area contributed by atoms with Crippen molar-refractivity contribution < 1.29 is 14.6 Å². The Hall–Kier alpha value is -4.41. The summed E-state index contributed by atoms with van der Waals surface area (Å²) < 4.78 is 8.15. The molecular formula is C35H45N7O3. The molecule has 238 valence electrons. The van der Waals surface area contributed by atoms with Crippen LogP contribution in [0.25, 0.3) is 22.2 Å². The lowest BCUT2D eigenvalue weighted by Gasteiger charge is -2.26. The molecule has 1 aliphatic rings. The van der Waals surface area contributed by atoms with Gasteiger partial charge in [0.05, 0.1) is 41.5 Å². The topological polar surface area (TPSA) is 108 Å². The molecule has 0 saturated heterocycles. The van der Waals surface area contributed by atoms with Crippen LogP contribution in [0.1, 0.15) is 37.3 Å². The van der Waals surface area contributed by atoms with Crippen molar-refractivity contribution in [2.75, 3.05) is 56.9 Å². The number of aliphatic hydroxyl groups is 1. The molecule has 1 unspecified atom stereocenters. The van der Waals surface area contributed by atoms with E-state index in [-0.39, 0.29) is 12.0 Å². The van der Waals surface area contributed by atoms with Crippen molar-refractivity contribution >= 4 is 39.8 Å². The predicted octanol–water partition coefficient (Wildman–Crippen LogP) is 5.62. The van der Waals surface area contributed by atoms with Gasteiger partial charge in [0, 0.05) is 56.1 Å². The average molecular weight is 612 g/mol. The number of para-hydroxylation sites is 1. The first-order valence-corrected chi connectivity index (χ1v) is 15.7. The molecule has 1 amide bonds. The van der Waals surface area contributed by atoms with Gasteiger partial charge in [-0.25, -0.2) is 9.97 Å². The number of aryl methyl sites for hydroxylation is 3. The Morgan fingerprint density at radius 1 is 1.22 bits per heavy atom. The van der Waals surface area contributed by atoms with E-state index >= 15 is 0 Å². The van der Waals surface area contributed by atoms with Gasteiger partial charge >= 0.3 is 0 Å². The molecule has 1 atom stereocenters. The molecule has 3 heterocycles. The van der Waals surface area contributed by atoms with Crippen LogP contribution in [0, 0.1) is 0 Å². The molecule has 0 bridgehead atoms. The highest BCUT2D eigenvalue weighted by Gasteiger charge is 2.22. The molecule has 2 aromatic heterocycles. The second-order valence-corrected chi connectivity index (χ2v) is 11.9. The quantitative estimate of drug-likeness (QED) is 0.158. The van der Waals surface area contributed by atoms with Crippen molar-refractivity contribution in [1.82, 2.24) is 19.4 Å². The molecule has 0 aliphatic carbocycles. The largest absolute Gasteiger partial charge is 0.494 e. The number of benzene rings is 2. The van der Waals surface area contributed by atoms with E-state index in [1.807, 2.05) is 46.4 Å². The van der Waals surface area contributed by atoms with Crippen LogP contribution in [-0.4, -0.2) is 77.9 Å². The van der Waals surface area contributed by atoms with Crippen LogP contribution in [-0.2, 0) is 24.2 Å². The van der Waals surface area contributed by atoms with E-state index in [0.717, 1.165) is 55.0 Å². The number of amides is 1. The molecule has 10 heteroatoms. The Morgan fingerprint density at radius 2 is 2.04 bits per heavy atom. The molecule has 0 radical (unpaired) electrons. The standard InChI is InChI=1S/C35H45N7O3/c1-7-25(43)15-14-24-21-36-35(39-33(24)27-22-42-16-10-12-23-11-9-13-26(27)34(23)42)38-29-19-28(37-32(44)8-2)30(20-31(29)45-6)41(5)18-17-40(3)4/h8-9,11,13,19-22,25,43H,2,7,10,12,14-18H2,1,3-6H3,(H,37,44)(H,36,38,39). The number of aromatic nitrogens is 3. The summed E-state index contributed by atoms with van der Waals surface area (Å²) in [5.41, 5.74) is 7.56. The summed E-state index contributed by atoms with van der Waals surface area (Å²) in [6.07, 6.45) is 9.10. The summed E-state index contributed by atoms with van der Waals surface area (Å²) in [6.45, 7) is 8.17. The molecule has 3 N–H and O–H groups in total. The lowest BCUT2D eigenvalue weighted by Crippen LogP contribution is -2.29. The van der Waals surface area contributed by atoms with Crippen LogP contribution in [0.15, 0.2) is 55.4 Å². The van der Waals surface area contributed by atoms with Crippen LogP contribution in [0.5, 0.6) is 5.75 Å². The fourth-order valence-corrected chi connectivity index (χ4v) is 5.88. The maximum Gasteiger partial charge on any atom is 0.247 e. The third-order valence-electron chi connectivity index (χ3n) is 8.47. The van der Waals surface area contributed by atoms with E-state index in [1.54, 1.807) is 7.11 Å². The normalized spacial score (nSPS) is 13.1. The average Bonchev–Trinajstić information content (AvgIpc) is 3.42. The zero-order valence-corrected chi connectivity index (χ0v) is 27.1. The van der Waals surface area contributed by atoms with E-state index in [9.17, 15) is 9.90 Å². The van der Waals surface area contributed by atoms with Gasteiger partial charge in [0.15, 0.2) is 0 Å². The zero-order chi connectivity index (χ0) is 32.1. The van der Waals surface area contributed by atoms with Crippen molar-refractivity contribution in [2.24, 2.45) is 0 Å². The van der Waals surface area contributed by atoms with Crippen LogP contribution in [0.4, 0.5) is 23.0 Å². The number of methoxy groups -OCH3 is 1. The van der Waals surface area contributed by atoms with Gasteiger partial charge in [-0.1, -0.05) is 31.7 Å². The fourth-order valence-electron chi connectivity index (χ4n) is 5.88. The number of hydrogen-bond acceptors (Lipinski definition) is 8. The van der Waals surface area contributed by atoms with E-state index < -0.39 is 0 Å². The van der Waals surface area contributed by atoms with Crippen molar-refractivity contribution in [3.8, 4) is 17.0 Å². The van der Waals surface area contributed by atoms with E-state index in [1.165, 1.54) is 22.5 Å². The maximum absolute atomic E-state index is 12.4. The minimum Gasteiger partial charge on any atom is -0.494 e. The third kappa shape index (κ3) is 7.13. The Balaban J connectivity index is 1.57. The molecule has 45 heavy (non-hydrogen) atoms. The molecule has 0 saturated carbocycles. The molecule has 0 spiro atoms. The predicted molar refractivity (Wildman–Crippen MR) is 183 cm³/mol. The minimum atomic E-state index is -0.381. The smallest absolute Gasteiger partial charge is 0.247 e. The van der Waals surface area contributed by atoms with Crippen LogP contribution < -0.4 is 20.3 Å². The summed E-state index contributed by atoms with van der Waals surface area (Å²) in [5, 5.41) is 17.9. The summed E-state index contributed by atoms with van der Waals surface area (Å²) in [5.74, 6) is 0.689. The second-order valence-electron chi connectivity index (χ2n) is 11.9. The van der Waals surface area contributed by atoms with Gasteiger partial charge in [0.25, 0.3) is 0 Å². The van der Waals surface area contributed by atoms with Crippen molar-refractivity contribution in [3.05, 3.63) is 66.5 Å². The second kappa shape index (κ2) is 14.1. The first-order valence-electron chi connectivity index (χ1n) is 15.7. The van der Waals surface area contributed by atoms with E-state index in [2.05, 4.69) is 56.0 Å². The first-order chi connectivity index (χ1) is 21.7. The minimum absolute atomic E-state index is 0.307. The van der Waals surface area contributed by atoms with Crippen LogP contribution in [0.2, 0.25) is 0 Å². The zero-order valence-electron chi connectivity index (χ0n) is 27.1. The highest BCUT2D eigenvalue weighted by Crippen LogP contribution is 2.40. The van der Waals surface area contributed by atoms with Gasteiger partial charge in [-0.2, -0.15) is 0 Å². The number of ether oxygens (including phenoxy) is 1. The fraction of sp³-hybridized carbons (Fsp3) is 0.400. The van der Waals surface area contributed by atoms with Crippen molar-refractivity contribution in [3.63, 3.8) is 0 Å². The van der Waals surface area contributed by atoms with Gasteiger partial charge in [-0.15, -0.1) is 0 Å². The number of likely N-dealkylation sites (N-methyl/N-ethyl adjacent to an activating group) is 2. The number of rotatable bonds is 14. The molecule has 2 aromatic carbocycles. The summed E-state index contributed by atoms with van der Waals surface area (Å²) in [7, 11) is 7.65. The number of carbonyl (C=O) groups excluding carboxylic acids is 1. The lowest BCUT2D eigenvalue weighted by molar-refractivity contribution is -0.111. The van der Waals surface area contributed by atoms with Gasteiger partial charge in [0.1, 0.15) is 5.75 Å². The Bertz CT molecular complexity index is 1680. The van der Waals surface area contributed by atoms with E-state index in [4.69, 9.17) is 14.7 Å². The Labute approximate surface area is 265 Å². The third-order valence-corrected chi connectivity index (χ3v) is 8.47. The van der Waals surface area contributed by atoms with Gasteiger partial charge in [-0.3, -0.25) is 4.79 Å². The number of aliphatic hydroxyl groups excluding tert-OH is 1. The summed E-state index contributed by atoms with van der Waals surface area (Å²) in [4.78, 5) is 26.4. The number of carbonyl (C=O) groups is 1. The van der Waals surface area contributed by atoms with Crippen LogP contribution in [0.3, 0.4) is 0 Å². The van der Waals surface area contributed by atoms with Gasteiger partial charge in [-0.05, 0) is 69.5 Å². The lowest BCUT2D eigenvalue weighted by atomic mass is 9.98. The van der Waals surface area contributed by atoms with Crippen molar-refractivity contribution in [1.29, 1.82) is 0 Å². The SMILES string of the molecule is C=CC(=O)Nc1cc(Nc2ncc(CCC(O)CC)c(-c3cn4c5c(cccc35)CCC4)n2)c(OC)cc1N(C)CCN(C)C. The molecule has 5 rings (SSSR count). The highest BCUT2D eigenvalue weighted by molar-refractivity contribution is 6.02. The van der Waals surface area contributed by atoms with Crippen LogP contribution >= 0.6 is 0 Å². The molecule has 10 nitrogen and oxygen atoms in total. The molecule has 4 aromatic rings. The monoisotopic (exact) mass is 611 g/mol. The molecular weight excluding hydrogens is 566 g/mol. The van der Waals surface area contributed by atoms with Gasteiger partial charge < -0.3 is 34.8 Å². The first kappa shape index (κ1) is 32.0. The number of nitrogens with zero attached hydrogens (tertiary/aromatic N) is 5. The number of hydrogen-bond donors (Lipinski definition) is 3. The van der Waals surface area contributed by atoms with E-state index in [0.29, 0.717) is 42.3 Å². The Kier molecular flexibility index (Phi) is 10.0. The number of anilines is 4. The highest BCUT2D eigenvalue weighted by atomic mass is 16.5. The maximum atomic E-state index is 12.4.